The molecule has 0 aliphatic carbocycles. The van der Waals surface area contributed by atoms with Crippen LogP contribution in [0.2, 0.25) is 12.8 Å². The fraction of sp³-hybridized carbons (Fsp3) is 1.00. The van der Waals surface area contributed by atoms with Crippen molar-refractivity contribution in [2.45, 2.75) is 133 Å². The van der Waals surface area contributed by atoms with Gasteiger partial charge in [0, 0.05) is 1.43 Å². The quantitative estimate of drug-likeness (QED) is 0.355. The van der Waals surface area contributed by atoms with E-state index in [0.717, 1.165) is 57.8 Å². The molecule has 0 saturated heterocycles. The van der Waals surface area contributed by atoms with Crippen LogP contribution in [0.5, 0.6) is 0 Å². The maximum Gasteiger partial charge on any atom is 0.315 e. The minimum atomic E-state index is -2.98. The second kappa shape index (κ2) is 9.26. The summed E-state index contributed by atoms with van der Waals surface area (Å²) in [5.74, 6) is 0. The Morgan fingerprint density at radius 3 is 0.696 bits per heavy atom. The molecule has 0 fully saturated rings. The number of hydrogen-bond donors (Lipinski definition) is 1. The van der Waals surface area contributed by atoms with Gasteiger partial charge in [0.2, 0.25) is 0 Å². The summed E-state index contributed by atoms with van der Waals surface area (Å²) < 4.78 is 13.4. The second-order valence-corrected chi connectivity index (χ2v) is 13.4. The normalized spacial score (nSPS) is 14.3. The minimum absolute atomic E-state index is 0. The van der Waals surface area contributed by atoms with Crippen LogP contribution >= 0.6 is 0 Å². The highest BCUT2D eigenvalue weighted by Gasteiger charge is 2.64. The summed E-state index contributed by atoms with van der Waals surface area (Å²) in [6.45, 7) is 21.1. The molecule has 23 heavy (non-hydrogen) atoms. The van der Waals surface area contributed by atoms with E-state index in [2.05, 4.69) is 62.3 Å². The molecule has 0 spiro atoms. The van der Waals surface area contributed by atoms with E-state index in [0.29, 0.717) is 0 Å². The van der Waals surface area contributed by atoms with Gasteiger partial charge in [0.25, 0.3) is 0 Å². The Balaban J connectivity index is 0. The van der Waals surface area contributed by atoms with E-state index in [1.165, 1.54) is 0 Å². The third-order valence-corrected chi connectivity index (χ3v) is 18.0. The van der Waals surface area contributed by atoms with Gasteiger partial charge in [-0.1, -0.05) is 120 Å². The van der Waals surface area contributed by atoms with Crippen LogP contribution in [0, 0.1) is 0 Å². The molecule has 1 N–H and O–H groups in total. The summed E-state index contributed by atoms with van der Waals surface area (Å²) in [6, 6.07) is 0. The van der Waals surface area contributed by atoms with Gasteiger partial charge >= 0.3 is 13.4 Å². The van der Waals surface area contributed by atoms with Gasteiger partial charge in [0.1, 0.15) is 0 Å². The lowest BCUT2D eigenvalue weighted by atomic mass is 9.94. The average molecular weight is 344 g/mol. The van der Waals surface area contributed by atoms with Crippen LogP contribution in [0.25, 0.3) is 0 Å². The van der Waals surface area contributed by atoms with E-state index in [-0.39, 0.29) is 14.3 Å². The fourth-order valence-corrected chi connectivity index (χ4v) is 16.1. The Bertz CT molecular complexity index is 256. The molecule has 0 radical (unpaired) electrons. The lowest BCUT2D eigenvalue weighted by Gasteiger charge is -2.69. The van der Waals surface area contributed by atoms with Crippen molar-refractivity contribution in [3.05, 3.63) is 0 Å². The Morgan fingerprint density at radius 1 is 0.478 bits per heavy atom. The highest BCUT2D eigenvalue weighted by molar-refractivity contribution is 6.81. The second-order valence-electron chi connectivity index (χ2n) is 8.09. The average Bonchev–Trinajstić information content (AvgIpc) is 2.61. The van der Waals surface area contributed by atoms with Gasteiger partial charge < -0.3 is 4.16 Å². The first-order valence-corrected chi connectivity index (χ1v) is 12.9. The Hall–Kier alpha value is 0.492. The van der Waals surface area contributed by atoms with Gasteiger partial charge in [-0.3, -0.25) is 0 Å². The van der Waals surface area contributed by atoms with E-state index in [9.17, 15) is 4.16 Å². The standard InChI is InChI=1S/3C7H15.Al.H2O.H2/c3*1-4-7(5-2)6-3;;;/h3*4-6H2,1-3H3;;1H2;1H/p-1. The van der Waals surface area contributed by atoms with Gasteiger partial charge in [0.05, 0.1) is 0 Å². The molecule has 1 nitrogen and oxygen atoms in total. The molecule has 0 aliphatic heterocycles. The summed E-state index contributed by atoms with van der Waals surface area (Å²) >= 11 is -2.98. The van der Waals surface area contributed by atoms with Crippen molar-refractivity contribution in [2.24, 2.45) is 0 Å². The van der Waals surface area contributed by atoms with Crippen molar-refractivity contribution in [1.29, 1.82) is 0 Å². The van der Waals surface area contributed by atoms with Crippen molar-refractivity contribution < 1.29 is 5.58 Å². The molecule has 0 atom stereocenters. The molecular weight excluding hydrogens is 295 g/mol. The molecule has 0 aromatic carbocycles. The molecule has 0 unspecified atom stereocenters. The molecule has 0 aromatic rings. The number of hydrogen-bond acceptors (Lipinski definition) is 1. The summed E-state index contributed by atoms with van der Waals surface area (Å²) in [6.07, 6.45) is 10.3. The highest BCUT2D eigenvalue weighted by atomic mass is 27.3. The molecule has 0 amide bonds. The van der Waals surface area contributed by atoms with E-state index >= 15 is 0 Å². The monoisotopic (exact) mass is 343 g/mol. The summed E-state index contributed by atoms with van der Waals surface area (Å²) in [5.41, 5.74) is 0. The van der Waals surface area contributed by atoms with Crippen LogP contribution in [-0.2, 0) is 0 Å². The van der Waals surface area contributed by atoms with Crippen LogP contribution in [0.4, 0.5) is 0 Å². The van der Waals surface area contributed by atoms with Gasteiger partial charge in [0.15, 0.2) is 0 Å². The first kappa shape index (κ1) is 23.5. The maximum absolute atomic E-state index is 12.9. The highest BCUT2D eigenvalue weighted by Crippen LogP contribution is 2.71. The van der Waals surface area contributed by atoms with Gasteiger partial charge in [-0.15, -0.1) is 12.8 Å². The van der Waals surface area contributed by atoms with Crippen LogP contribution in [0.15, 0.2) is 0 Å². The predicted molar refractivity (Wildman–Crippen MR) is 111 cm³/mol. The molecule has 0 aromatic heterocycles. The predicted octanol–water partition coefficient (Wildman–Crippen LogP) is 8.08. The molecule has 0 bridgehead atoms. The molecule has 0 heterocycles. The van der Waals surface area contributed by atoms with E-state index in [1.54, 1.807) is 0 Å². The third kappa shape index (κ3) is 3.18. The van der Waals surface area contributed by atoms with Crippen LogP contribution < -0.4 is 0 Å². The van der Waals surface area contributed by atoms with Crippen molar-refractivity contribution in [1.82, 2.24) is 0 Å². The molecular formula is C21H48AlO-. The summed E-state index contributed by atoms with van der Waals surface area (Å²) in [4.78, 5) is 0. The molecule has 0 aliphatic rings. The molecule has 142 valence electrons. The lowest BCUT2D eigenvalue weighted by molar-refractivity contribution is 0.247. The van der Waals surface area contributed by atoms with Gasteiger partial charge in [-0.2, -0.15) is 0 Å². The Kier molecular flexibility index (Phi) is 9.46. The zero-order valence-electron chi connectivity index (χ0n) is 17.9. The molecule has 0 rings (SSSR count). The SMILES string of the molecule is CC[C](CC)(CC)[Al-]([OH])([C](CC)(CC)CC)[C](CC)(CC)CC.[HH]. The van der Waals surface area contributed by atoms with Crippen molar-refractivity contribution in [2.75, 3.05) is 0 Å². The van der Waals surface area contributed by atoms with E-state index < -0.39 is 13.4 Å². The fourth-order valence-electron chi connectivity index (χ4n) is 6.86. The smallest absolute Gasteiger partial charge is 0.315 e. The Morgan fingerprint density at radius 2 is 0.609 bits per heavy atom. The van der Waals surface area contributed by atoms with Crippen molar-refractivity contribution in [3.8, 4) is 0 Å². The third-order valence-electron chi connectivity index (χ3n) is 9.00. The lowest BCUT2D eigenvalue weighted by Crippen LogP contribution is -2.65. The van der Waals surface area contributed by atoms with Gasteiger partial charge in [-0.05, 0) is 0 Å². The van der Waals surface area contributed by atoms with Crippen LogP contribution in [0.1, 0.15) is 122 Å². The summed E-state index contributed by atoms with van der Waals surface area (Å²) in [7, 11) is 0. The largest absolute Gasteiger partial charge is 0.672 e. The van der Waals surface area contributed by atoms with Crippen molar-refractivity contribution in [3.63, 3.8) is 0 Å². The topological polar surface area (TPSA) is 20.2 Å². The van der Waals surface area contributed by atoms with Crippen LogP contribution in [0.3, 0.4) is 0 Å². The van der Waals surface area contributed by atoms with Gasteiger partial charge in [-0.25, -0.2) is 0 Å². The maximum atomic E-state index is 12.9. The first-order valence-electron chi connectivity index (χ1n) is 10.7. The Labute approximate surface area is 152 Å². The molecule has 0 saturated carbocycles. The number of rotatable bonds is 12. The summed E-state index contributed by atoms with van der Waals surface area (Å²) in [5, 5.41) is 0. The zero-order valence-corrected chi connectivity index (χ0v) is 19.0. The zero-order chi connectivity index (χ0) is 18.4. The first-order chi connectivity index (χ1) is 10.8. The van der Waals surface area contributed by atoms with Crippen molar-refractivity contribution >= 4 is 13.4 Å². The van der Waals surface area contributed by atoms with E-state index in [1.807, 2.05) is 0 Å². The molecule has 2 heteroatoms. The van der Waals surface area contributed by atoms with E-state index in [4.69, 9.17) is 0 Å². The van der Waals surface area contributed by atoms with Crippen LogP contribution in [-0.4, -0.2) is 17.6 Å². The minimum Gasteiger partial charge on any atom is -0.672 e.